The summed E-state index contributed by atoms with van der Waals surface area (Å²) < 4.78 is 6.45. The van der Waals surface area contributed by atoms with Crippen LogP contribution in [0, 0.1) is 0 Å². The zero-order chi connectivity index (χ0) is 31.2. The first-order valence-electron chi connectivity index (χ1n) is 15.9. The van der Waals surface area contributed by atoms with E-state index in [1.807, 2.05) is 42.5 Å². The van der Waals surface area contributed by atoms with Crippen LogP contribution in [0.4, 0.5) is 0 Å². The molecule has 0 fully saturated rings. The van der Waals surface area contributed by atoms with Gasteiger partial charge in [0, 0.05) is 21.9 Å². The molecule has 1 aromatic heterocycles. The fourth-order valence-corrected chi connectivity index (χ4v) is 6.55. The summed E-state index contributed by atoms with van der Waals surface area (Å²) in [4.78, 5) is 10.4. The van der Waals surface area contributed by atoms with Crippen molar-refractivity contribution in [3.8, 4) is 22.3 Å². The van der Waals surface area contributed by atoms with Gasteiger partial charge in [-0.15, -0.1) is 0 Å². The lowest BCUT2D eigenvalue weighted by Crippen LogP contribution is -2.36. The Bertz CT molecular complexity index is 2480. The predicted octanol–water partition coefficient (Wildman–Crippen LogP) is 10.6. The first-order chi connectivity index (χ1) is 23.3. The summed E-state index contributed by atoms with van der Waals surface area (Å²) >= 11 is 0. The monoisotopic (exact) mass is 603 g/mol. The number of nitrogens with one attached hydrogen (secondary N) is 1. The Hall–Kier alpha value is -6.26. The molecule has 0 saturated heterocycles. The van der Waals surface area contributed by atoms with Gasteiger partial charge in [0.1, 0.15) is 22.8 Å². The maximum Gasteiger partial charge on any atom is 0.169 e. The Labute approximate surface area is 272 Å². The quantitative estimate of drug-likeness (QED) is 0.213. The zero-order valence-electron chi connectivity index (χ0n) is 25.5. The van der Waals surface area contributed by atoms with Crippen molar-refractivity contribution in [2.75, 3.05) is 0 Å². The highest BCUT2D eigenvalue weighted by Crippen LogP contribution is 2.36. The van der Waals surface area contributed by atoms with E-state index in [0.29, 0.717) is 0 Å². The van der Waals surface area contributed by atoms with Crippen LogP contribution in [0.1, 0.15) is 22.9 Å². The predicted molar refractivity (Wildman–Crippen MR) is 194 cm³/mol. The number of benzene rings is 7. The Morgan fingerprint density at radius 2 is 1.06 bits per heavy atom. The third kappa shape index (κ3) is 4.97. The number of hydrogen-bond acceptors (Lipinski definition) is 4. The molecule has 2 heterocycles. The average Bonchev–Trinajstić information content (AvgIpc) is 3.53. The molecular weight excluding hydrogens is 574 g/mol. The summed E-state index contributed by atoms with van der Waals surface area (Å²) in [6.07, 6.45) is -0.419. The van der Waals surface area contributed by atoms with Gasteiger partial charge in [-0.05, 0) is 68.9 Å². The minimum absolute atomic E-state index is 0.419. The molecule has 4 heteroatoms. The van der Waals surface area contributed by atoms with E-state index in [4.69, 9.17) is 14.4 Å². The van der Waals surface area contributed by atoms with Crippen LogP contribution in [0.3, 0.4) is 0 Å². The fourth-order valence-electron chi connectivity index (χ4n) is 6.55. The molecule has 1 unspecified atom stereocenters. The highest BCUT2D eigenvalue weighted by Gasteiger charge is 2.24. The number of rotatable bonds is 5. The second-order valence-electron chi connectivity index (χ2n) is 11.9. The third-order valence-electron chi connectivity index (χ3n) is 8.92. The molecule has 0 bridgehead atoms. The number of aliphatic imine (C=N–C) groups is 2. The Balaban J connectivity index is 1.16. The van der Waals surface area contributed by atoms with E-state index in [1.54, 1.807) is 0 Å². The van der Waals surface area contributed by atoms with Crippen LogP contribution in [0.5, 0.6) is 0 Å². The minimum atomic E-state index is -0.419. The fraction of sp³-hybridized carbons (Fsp3) is 0.0233. The highest BCUT2D eigenvalue weighted by atomic mass is 16.3. The molecule has 7 aromatic carbocycles. The van der Waals surface area contributed by atoms with Crippen LogP contribution in [0.15, 0.2) is 178 Å². The lowest BCUT2D eigenvalue weighted by atomic mass is 9.99. The molecule has 1 N–H and O–H groups in total. The minimum Gasteiger partial charge on any atom is -0.456 e. The Kier molecular flexibility index (Phi) is 6.50. The maximum absolute atomic E-state index is 6.45. The molecule has 0 radical (unpaired) electrons. The molecule has 0 amide bonds. The van der Waals surface area contributed by atoms with Crippen molar-refractivity contribution in [1.82, 2.24) is 5.32 Å². The van der Waals surface area contributed by atoms with E-state index in [1.165, 1.54) is 16.5 Å². The summed E-state index contributed by atoms with van der Waals surface area (Å²) in [6, 6.07) is 56.9. The molecule has 1 aliphatic rings. The first-order valence-corrected chi connectivity index (χ1v) is 15.9. The van der Waals surface area contributed by atoms with Crippen LogP contribution < -0.4 is 5.32 Å². The van der Waals surface area contributed by atoms with Gasteiger partial charge in [0.05, 0.1) is 0 Å². The van der Waals surface area contributed by atoms with Gasteiger partial charge in [-0.2, -0.15) is 0 Å². The topological polar surface area (TPSA) is 49.9 Å². The Morgan fingerprint density at radius 1 is 0.447 bits per heavy atom. The van der Waals surface area contributed by atoms with Crippen molar-refractivity contribution in [2.45, 2.75) is 6.17 Å². The molecule has 8 aromatic rings. The van der Waals surface area contributed by atoms with Gasteiger partial charge in [-0.3, -0.25) is 0 Å². The van der Waals surface area contributed by atoms with E-state index in [0.717, 1.165) is 66.8 Å². The van der Waals surface area contributed by atoms with Crippen molar-refractivity contribution in [3.05, 3.63) is 180 Å². The maximum atomic E-state index is 6.45. The van der Waals surface area contributed by atoms with Gasteiger partial charge in [0.15, 0.2) is 6.17 Å². The molecular formula is C43H29N3O. The van der Waals surface area contributed by atoms with Gasteiger partial charge < -0.3 is 9.73 Å². The molecule has 4 nitrogen and oxygen atoms in total. The summed E-state index contributed by atoms with van der Waals surface area (Å²) in [5.41, 5.74) is 9.40. The van der Waals surface area contributed by atoms with Crippen molar-refractivity contribution < 1.29 is 4.42 Å². The van der Waals surface area contributed by atoms with Crippen LogP contribution in [-0.2, 0) is 0 Å². The van der Waals surface area contributed by atoms with E-state index < -0.39 is 6.17 Å². The van der Waals surface area contributed by atoms with Gasteiger partial charge >= 0.3 is 0 Å². The first kappa shape index (κ1) is 27.1. The van der Waals surface area contributed by atoms with Gasteiger partial charge in [0.2, 0.25) is 0 Å². The molecule has 222 valence electrons. The molecule has 0 saturated carbocycles. The molecule has 0 spiro atoms. The number of hydrogen-bond donors (Lipinski definition) is 1. The van der Waals surface area contributed by atoms with Crippen LogP contribution in [0.25, 0.3) is 55.0 Å². The lowest BCUT2D eigenvalue weighted by Gasteiger charge is -2.23. The van der Waals surface area contributed by atoms with Gasteiger partial charge in [-0.1, -0.05) is 133 Å². The molecule has 1 atom stereocenters. The van der Waals surface area contributed by atoms with Crippen LogP contribution >= 0.6 is 0 Å². The Morgan fingerprint density at radius 3 is 1.81 bits per heavy atom. The number of nitrogens with zero attached hydrogens (tertiary/aromatic N) is 2. The van der Waals surface area contributed by atoms with E-state index >= 15 is 0 Å². The van der Waals surface area contributed by atoms with Crippen molar-refractivity contribution in [3.63, 3.8) is 0 Å². The summed E-state index contributed by atoms with van der Waals surface area (Å²) in [6.45, 7) is 0. The number of fused-ring (bicyclic) bond motifs is 4. The number of furan rings is 1. The van der Waals surface area contributed by atoms with E-state index in [-0.39, 0.29) is 0 Å². The SMILES string of the molecule is c1ccc(C2=NC(c3ccc4cc(-c5ccccc5)ccc4c3)N=C(c3cccc4oc5cc(-c6ccccc6)ccc5c34)N2)cc1. The summed E-state index contributed by atoms with van der Waals surface area (Å²) in [5, 5.41) is 8.03. The summed E-state index contributed by atoms with van der Waals surface area (Å²) in [7, 11) is 0. The van der Waals surface area contributed by atoms with Crippen molar-refractivity contribution >= 4 is 44.4 Å². The van der Waals surface area contributed by atoms with E-state index in [2.05, 4.69) is 127 Å². The highest BCUT2D eigenvalue weighted by molar-refractivity contribution is 6.23. The summed E-state index contributed by atoms with van der Waals surface area (Å²) in [5.74, 6) is 1.56. The molecule has 0 aliphatic carbocycles. The zero-order valence-corrected chi connectivity index (χ0v) is 25.5. The third-order valence-corrected chi connectivity index (χ3v) is 8.92. The van der Waals surface area contributed by atoms with Crippen molar-refractivity contribution in [2.24, 2.45) is 9.98 Å². The largest absolute Gasteiger partial charge is 0.456 e. The normalized spacial score (nSPS) is 14.6. The molecule has 9 rings (SSSR count). The van der Waals surface area contributed by atoms with E-state index in [9.17, 15) is 0 Å². The van der Waals surface area contributed by atoms with Crippen LogP contribution in [-0.4, -0.2) is 11.7 Å². The van der Waals surface area contributed by atoms with Gasteiger partial charge in [-0.25, -0.2) is 9.98 Å². The van der Waals surface area contributed by atoms with Crippen LogP contribution in [0.2, 0.25) is 0 Å². The standard InChI is InChI=1S/C43H29N3O/c1-4-11-28(12-5-1)31-19-20-33-26-35(22-21-32(33)25-31)42-44-41(30-15-8-3-9-16-30)45-43(46-42)37-17-10-18-38-40(37)36-24-23-34(27-39(36)47-38)29-13-6-2-7-14-29/h1-27,42H,(H,44,45,46). The van der Waals surface area contributed by atoms with Gasteiger partial charge in [0.25, 0.3) is 0 Å². The molecule has 1 aliphatic heterocycles. The number of amidine groups is 2. The smallest absolute Gasteiger partial charge is 0.169 e. The average molecular weight is 604 g/mol. The second kappa shape index (κ2) is 11.3. The molecule has 47 heavy (non-hydrogen) atoms. The second-order valence-corrected chi connectivity index (χ2v) is 11.9. The lowest BCUT2D eigenvalue weighted by molar-refractivity contribution is 0.669. The van der Waals surface area contributed by atoms with Crippen molar-refractivity contribution in [1.29, 1.82) is 0 Å².